The highest BCUT2D eigenvalue weighted by Crippen LogP contribution is 2.21. The van der Waals surface area contributed by atoms with Crippen molar-refractivity contribution in [2.75, 3.05) is 18.4 Å². The highest BCUT2D eigenvalue weighted by molar-refractivity contribution is 6.05. The van der Waals surface area contributed by atoms with Crippen molar-refractivity contribution in [2.24, 2.45) is 0 Å². The first-order valence-corrected chi connectivity index (χ1v) is 9.47. The minimum absolute atomic E-state index is 0. The zero-order valence-electron chi connectivity index (χ0n) is 16.6. The Bertz CT molecular complexity index is 1040. The second-order valence-electron chi connectivity index (χ2n) is 7.07. The molecule has 2 aromatic heterocycles. The van der Waals surface area contributed by atoms with Gasteiger partial charge in [-0.1, -0.05) is 12.1 Å². The van der Waals surface area contributed by atoms with E-state index in [9.17, 15) is 9.59 Å². The summed E-state index contributed by atoms with van der Waals surface area (Å²) in [6.07, 6.45) is 5.26. The van der Waals surface area contributed by atoms with Gasteiger partial charge in [0.15, 0.2) is 0 Å². The standard InChI is InChI=1S/C21H23N5O2.2ClH/c1-14-8-12-26(17-5-9-22-10-6-17)21(28)19(14)20(27)24-16-4-2-3-15(13-16)18-7-11-23-25-18;;/h2-4,7-8,11-13,17,22H,5-6,9-10H2,1H3,(H,23,25)(H,24,27);2*1H. The fourth-order valence-corrected chi connectivity index (χ4v) is 3.66. The number of anilines is 1. The van der Waals surface area contributed by atoms with Crippen LogP contribution >= 0.6 is 24.8 Å². The van der Waals surface area contributed by atoms with Crippen LogP contribution in [0.4, 0.5) is 5.69 Å². The lowest BCUT2D eigenvalue weighted by Crippen LogP contribution is -2.37. The highest BCUT2D eigenvalue weighted by Gasteiger charge is 2.21. The maximum Gasteiger partial charge on any atom is 0.263 e. The average molecular weight is 450 g/mol. The number of halogens is 2. The van der Waals surface area contributed by atoms with Gasteiger partial charge in [0.1, 0.15) is 5.56 Å². The lowest BCUT2D eigenvalue weighted by atomic mass is 10.0. The van der Waals surface area contributed by atoms with Crippen molar-refractivity contribution in [1.82, 2.24) is 20.1 Å². The SMILES string of the molecule is Cc1ccn(C2CCNCC2)c(=O)c1C(=O)Nc1cccc(-c2ccn[nH]2)c1.Cl.Cl. The van der Waals surface area contributed by atoms with Crippen LogP contribution in [0.25, 0.3) is 11.3 Å². The van der Waals surface area contributed by atoms with Crippen molar-refractivity contribution in [3.63, 3.8) is 0 Å². The normalized spacial score (nSPS) is 13.8. The van der Waals surface area contributed by atoms with Crippen molar-refractivity contribution in [3.05, 3.63) is 70.3 Å². The number of nitrogens with one attached hydrogen (secondary N) is 3. The number of benzene rings is 1. The number of carbonyl (C=O) groups excluding carboxylic acids is 1. The number of H-pyrrole nitrogens is 1. The summed E-state index contributed by atoms with van der Waals surface area (Å²) in [5.41, 5.74) is 3.06. The molecule has 0 aliphatic carbocycles. The number of carbonyl (C=O) groups is 1. The fourth-order valence-electron chi connectivity index (χ4n) is 3.66. The number of aromatic nitrogens is 3. The van der Waals surface area contributed by atoms with Gasteiger partial charge in [-0.3, -0.25) is 14.7 Å². The second kappa shape index (κ2) is 10.4. The lowest BCUT2D eigenvalue weighted by molar-refractivity contribution is 0.102. The molecule has 7 nitrogen and oxygen atoms in total. The van der Waals surface area contributed by atoms with Gasteiger partial charge in [0.25, 0.3) is 11.5 Å². The summed E-state index contributed by atoms with van der Waals surface area (Å²) in [6.45, 7) is 3.56. The molecular formula is C21H25Cl2N5O2. The third-order valence-corrected chi connectivity index (χ3v) is 5.19. The summed E-state index contributed by atoms with van der Waals surface area (Å²) in [5.74, 6) is -0.382. The van der Waals surface area contributed by atoms with Gasteiger partial charge < -0.3 is 15.2 Å². The summed E-state index contributed by atoms with van der Waals surface area (Å²) in [7, 11) is 0. The molecule has 0 spiro atoms. The van der Waals surface area contributed by atoms with E-state index in [1.54, 1.807) is 23.8 Å². The van der Waals surface area contributed by atoms with Crippen LogP contribution in [0, 0.1) is 6.92 Å². The monoisotopic (exact) mass is 449 g/mol. The van der Waals surface area contributed by atoms with Crippen LogP contribution in [0.15, 0.2) is 53.6 Å². The Balaban J connectivity index is 0.00000160. The third-order valence-electron chi connectivity index (χ3n) is 5.19. The maximum atomic E-state index is 13.0. The van der Waals surface area contributed by atoms with Crippen molar-refractivity contribution < 1.29 is 4.79 Å². The van der Waals surface area contributed by atoms with E-state index in [1.807, 2.05) is 36.5 Å². The number of hydrogen-bond donors (Lipinski definition) is 3. The van der Waals surface area contributed by atoms with E-state index in [4.69, 9.17) is 0 Å². The quantitative estimate of drug-likeness (QED) is 0.567. The van der Waals surface area contributed by atoms with E-state index < -0.39 is 0 Å². The Labute approximate surface area is 187 Å². The molecule has 0 atom stereocenters. The minimum Gasteiger partial charge on any atom is -0.322 e. The van der Waals surface area contributed by atoms with E-state index in [-0.39, 0.29) is 47.9 Å². The number of aromatic amines is 1. The summed E-state index contributed by atoms with van der Waals surface area (Å²) >= 11 is 0. The van der Waals surface area contributed by atoms with Crippen LogP contribution in [0.2, 0.25) is 0 Å². The van der Waals surface area contributed by atoms with Crippen LogP contribution in [0.1, 0.15) is 34.8 Å². The smallest absolute Gasteiger partial charge is 0.263 e. The zero-order chi connectivity index (χ0) is 19.5. The Morgan fingerprint density at radius 1 is 1.17 bits per heavy atom. The molecule has 1 amide bonds. The van der Waals surface area contributed by atoms with Crippen LogP contribution in [-0.4, -0.2) is 33.8 Å². The molecule has 30 heavy (non-hydrogen) atoms. The zero-order valence-corrected chi connectivity index (χ0v) is 18.2. The molecule has 1 saturated heterocycles. The fraction of sp³-hybridized carbons (Fsp3) is 0.286. The molecule has 1 aliphatic heterocycles. The van der Waals surface area contributed by atoms with Crippen LogP contribution in [0.3, 0.4) is 0 Å². The highest BCUT2D eigenvalue weighted by atomic mass is 35.5. The van der Waals surface area contributed by atoms with Crippen molar-refractivity contribution >= 4 is 36.4 Å². The molecule has 0 bridgehead atoms. The Morgan fingerprint density at radius 2 is 1.93 bits per heavy atom. The van der Waals surface area contributed by atoms with Crippen LogP contribution in [-0.2, 0) is 0 Å². The number of rotatable bonds is 4. The third kappa shape index (κ3) is 4.92. The average Bonchev–Trinajstić information content (AvgIpc) is 3.24. The van der Waals surface area contributed by atoms with Crippen molar-refractivity contribution in [2.45, 2.75) is 25.8 Å². The number of amides is 1. The van der Waals surface area contributed by atoms with Gasteiger partial charge >= 0.3 is 0 Å². The van der Waals surface area contributed by atoms with Gasteiger partial charge in [-0.15, -0.1) is 24.8 Å². The first kappa shape index (κ1) is 23.7. The number of hydrogen-bond acceptors (Lipinski definition) is 4. The van der Waals surface area contributed by atoms with Crippen molar-refractivity contribution in [1.29, 1.82) is 0 Å². The number of pyridine rings is 1. The summed E-state index contributed by atoms with van der Waals surface area (Å²) in [4.78, 5) is 26.0. The molecule has 160 valence electrons. The van der Waals surface area contributed by atoms with Crippen LogP contribution < -0.4 is 16.2 Å². The Morgan fingerprint density at radius 3 is 2.63 bits per heavy atom. The first-order chi connectivity index (χ1) is 13.6. The largest absolute Gasteiger partial charge is 0.322 e. The van der Waals surface area contributed by atoms with Gasteiger partial charge in [-0.2, -0.15) is 5.10 Å². The predicted octanol–water partition coefficient (Wildman–Crippen LogP) is 3.57. The predicted molar refractivity (Wildman–Crippen MR) is 123 cm³/mol. The topological polar surface area (TPSA) is 91.8 Å². The van der Waals surface area contributed by atoms with Gasteiger partial charge in [0.05, 0.1) is 5.69 Å². The molecule has 3 aromatic rings. The molecule has 0 radical (unpaired) electrons. The van der Waals surface area contributed by atoms with Gasteiger partial charge in [-0.05, 0) is 62.7 Å². The van der Waals surface area contributed by atoms with E-state index in [0.29, 0.717) is 11.3 Å². The molecule has 0 saturated carbocycles. The molecule has 4 rings (SSSR count). The summed E-state index contributed by atoms with van der Waals surface area (Å²) in [5, 5.41) is 13.0. The molecule has 1 aliphatic rings. The van der Waals surface area contributed by atoms with E-state index in [2.05, 4.69) is 20.8 Å². The Kier molecular flexibility index (Phi) is 8.23. The molecule has 3 heterocycles. The number of piperidine rings is 1. The first-order valence-electron chi connectivity index (χ1n) is 9.47. The summed E-state index contributed by atoms with van der Waals surface area (Å²) in [6, 6.07) is 11.3. The van der Waals surface area contributed by atoms with Gasteiger partial charge in [-0.25, -0.2) is 0 Å². The van der Waals surface area contributed by atoms with E-state index >= 15 is 0 Å². The van der Waals surface area contributed by atoms with Crippen LogP contribution in [0.5, 0.6) is 0 Å². The Hall–Kier alpha value is -2.61. The molecular weight excluding hydrogens is 425 g/mol. The molecule has 1 fully saturated rings. The lowest BCUT2D eigenvalue weighted by Gasteiger charge is -2.25. The minimum atomic E-state index is -0.382. The molecule has 0 unspecified atom stereocenters. The van der Waals surface area contributed by atoms with Gasteiger partial charge in [0, 0.05) is 29.7 Å². The van der Waals surface area contributed by atoms with E-state index in [0.717, 1.165) is 37.2 Å². The molecule has 3 N–H and O–H groups in total. The molecule has 1 aromatic carbocycles. The molecule has 9 heteroatoms. The van der Waals surface area contributed by atoms with E-state index in [1.165, 1.54) is 0 Å². The number of aryl methyl sites for hydroxylation is 1. The number of nitrogens with zero attached hydrogens (tertiary/aromatic N) is 2. The van der Waals surface area contributed by atoms with Gasteiger partial charge in [0.2, 0.25) is 0 Å². The van der Waals surface area contributed by atoms with Crippen molar-refractivity contribution in [3.8, 4) is 11.3 Å². The maximum absolute atomic E-state index is 13.0. The summed E-state index contributed by atoms with van der Waals surface area (Å²) < 4.78 is 1.71. The second-order valence-corrected chi connectivity index (χ2v) is 7.07.